The highest BCUT2D eigenvalue weighted by Crippen LogP contribution is 2.35. The molecule has 0 spiro atoms. The summed E-state index contributed by atoms with van der Waals surface area (Å²) in [6.07, 6.45) is 6.23. The van der Waals surface area contributed by atoms with E-state index in [9.17, 15) is 0 Å². The Kier molecular flexibility index (Phi) is 3.97. The van der Waals surface area contributed by atoms with Crippen LogP contribution >= 0.6 is 0 Å². The van der Waals surface area contributed by atoms with Gasteiger partial charge >= 0.3 is 0 Å². The number of aromatic nitrogens is 1. The lowest BCUT2D eigenvalue weighted by molar-refractivity contribution is 0.276. The highest BCUT2D eigenvalue weighted by atomic mass is 16.5. The van der Waals surface area contributed by atoms with E-state index in [2.05, 4.69) is 23.1 Å². The van der Waals surface area contributed by atoms with Crippen LogP contribution in [0, 0.1) is 13.8 Å². The summed E-state index contributed by atoms with van der Waals surface area (Å²) in [7, 11) is 0. The zero-order chi connectivity index (χ0) is 14.8. The van der Waals surface area contributed by atoms with E-state index in [4.69, 9.17) is 8.94 Å². The van der Waals surface area contributed by atoms with Gasteiger partial charge in [0.05, 0.1) is 12.0 Å². The maximum absolute atomic E-state index is 5.39. The van der Waals surface area contributed by atoms with Gasteiger partial charge in [-0.1, -0.05) is 10.7 Å². The Morgan fingerprint density at radius 1 is 1.48 bits per heavy atom. The van der Waals surface area contributed by atoms with Crippen LogP contribution in [0.3, 0.4) is 0 Å². The van der Waals surface area contributed by atoms with Gasteiger partial charge in [0.25, 0.3) is 0 Å². The topological polar surface area (TPSA) is 42.4 Å². The first kappa shape index (κ1) is 14.1. The number of likely N-dealkylation sites (tertiary alicyclic amines) is 1. The Morgan fingerprint density at radius 3 is 3.00 bits per heavy atom. The van der Waals surface area contributed by atoms with Crippen LogP contribution in [0.1, 0.15) is 48.6 Å². The predicted molar refractivity (Wildman–Crippen MR) is 81.9 cm³/mol. The first-order valence-corrected chi connectivity index (χ1v) is 7.52. The lowest BCUT2D eigenvalue weighted by Gasteiger charge is -2.24. The lowest BCUT2D eigenvalue weighted by Crippen LogP contribution is -2.25. The van der Waals surface area contributed by atoms with E-state index in [1.165, 1.54) is 24.0 Å². The van der Waals surface area contributed by atoms with Gasteiger partial charge in [-0.3, -0.25) is 4.90 Å². The van der Waals surface area contributed by atoms with Crippen LogP contribution in [0.5, 0.6) is 0 Å². The highest BCUT2D eigenvalue weighted by molar-refractivity contribution is 5.47. The van der Waals surface area contributed by atoms with Crippen molar-refractivity contribution in [1.82, 2.24) is 10.1 Å². The fourth-order valence-electron chi connectivity index (χ4n) is 3.29. The van der Waals surface area contributed by atoms with Gasteiger partial charge in [-0.15, -0.1) is 0 Å². The van der Waals surface area contributed by atoms with E-state index >= 15 is 0 Å². The second-order valence-electron chi connectivity index (χ2n) is 5.87. The molecule has 0 radical (unpaired) electrons. The summed E-state index contributed by atoms with van der Waals surface area (Å²) in [5.74, 6) is 1.87. The minimum absolute atomic E-state index is 0.427. The highest BCUT2D eigenvalue weighted by Gasteiger charge is 2.30. The molecule has 0 aromatic carbocycles. The van der Waals surface area contributed by atoms with Crippen LogP contribution in [0.4, 0.5) is 0 Å². The van der Waals surface area contributed by atoms with E-state index in [-0.39, 0.29) is 0 Å². The van der Waals surface area contributed by atoms with E-state index < -0.39 is 0 Å². The molecule has 4 nitrogen and oxygen atoms in total. The maximum atomic E-state index is 5.39. The molecule has 112 valence electrons. The van der Waals surface area contributed by atoms with Gasteiger partial charge in [-0.05, 0) is 58.4 Å². The molecule has 1 atom stereocenters. The smallest absolute Gasteiger partial charge is 0.138 e. The molecule has 1 aliphatic rings. The van der Waals surface area contributed by atoms with Crippen molar-refractivity contribution in [1.29, 1.82) is 0 Å². The van der Waals surface area contributed by atoms with E-state index in [0.29, 0.717) is 6.04 Å². The molecule has 0 bridgehead atoms. The number of hydrogen-bond donors (Lipinski definition) is 0. The van der Waals surface area contributed by atoms with Gasteiger partial charge < -0.3 is 8.94 Å². The summed E-state index contributed by atoms with van der Waals surface area (Å²) in [6, 6.07) is 4.33. The Bertz CT molecular complexity index is 606. The molecular formula is C17H22N2O2. The first-order chi connectivity index (χ1) is 10.1. The standard InChI is InChI=1S/C17H22N2O2/c1-12(10-15-6-5-9-20-15)11-19-8-4-7-16(19)17-13(2)18-21-14(17)3/h5-6,9-10,16H,4,7-8,11H2,1-3H3/b12-10+/t16-/m0/s1. The SMILES string of the molecule is C/C(=C\c1ccco1)CN1CCC[C@H]1c1c(C)noc1C. The zero-order valence-electron chi connectivity index (χ0n) is 12.9. The summed E-state index contributed by atoms with van der Waals surface area (Å²) >= 11 is 0. The van der Waals surface area contributed by atoms with E-state index in [0.717, 1.165) is 30.3 Å². The van der Waals surface area contributed by atoms with E-state index in [1.807, 2.05) is 26.0 Å². The molecule has 3 rings (SSSR count). The average Bonchev–Trinajstić information content (AvgIpc) is 3.14. The third-order valence-corrected chi connectivity index (χ3v) is 4.17. The van der Waals surface area contributed by atoms with Gasteiger partial charge in [0.2, 0.25) is 0 Å². The molecule has 1 saturated heterocycles. The molecule has 1 aliphatic heterocycles. The van der Waals surface area contributed by atoms with Crippen molar-refractivity contribution in [3.8, 4) is 0 Å². The molecule has 0 saturated carbocycles. The summed E-state index contributed by atoms with van der Waals surface area (Å²) in [4.78, 5) is 2.52. The molecule has 0 amide bonds. The predicted octanol–water partition coefficient (Wildman–Crippen LogP) is 4.12. The van der Waals surface area contributed by atoms with Gasteiger partial charge in [0.15, 0.2) is 0 Å². The van der Waals surface area contributed by atoms with Crippen molar-refractivity contribution in [3.05, 3.63) is 46.7 Å². The van der Waals surface area contributed by atoms with Gasteiger partial charge in [0.1, 0.15) is 11.5 Å². The number of furan rings is 1. The molecular weight excluding hydrogens is 264 g/mol. The van der Waals surface area contributed by atoms with Crippen LogP contribution in [0.25, 0.3) is 6.08 Å². The summed E-state index contributed by atoms with van der Waals surface area (Å²) in [5, 5.41) is 4.10. The van der Waals surface area contributed by atoms with Crippen LogP contribution in [0.2, 0.25) is 0 Å². The summed E-state index contributed by atoms with van der Waals surface area (Å²) in [6.45, 7) is 8.28. The average molecular weight is 286 g/mol. The monoisotopic (exact) mass is 286 g/mol. The molecule has 0 unspecified atom stereocenters. The maximum Gasteiger partial charge on any atom is 0.138 e. The first-order valence-electron chi connectivity index (χ1n) is 7.52. The van der Waals surface area contributed by atoms with E-state index in [1.54, 1.807) is 6.26 Å². The molecule has 2 aromatic heterocycles. The fraction of sp³-hybridized carbons (Fsp3) is 0.471. The minimum atomic E-state index is 0.427. The third kappa shape index (κ3) is 2.95. The Hall–Kier alpha value is -1.81. The fourth-order valence-corrected chi connectivity index (χ4v) is 3.29. The normalized spacial score (nSPS) is 20.3. The van der Waals surface area contributed by atoms with Crippen molar-refractivity contribution < 1.29 is 8.94 Å². The summed E-state index contributed by atoms with van der Waals surface area (Å²) in [5.41, 5.74) is 3.61. The molecule has 4 heteroatoms. The van der Waals surface area contributed by atoms with Gasteiger partial charge in [-0.25, -0.2) is 0 Å². The van der Waals surface area contributed by atoms with Crippen molar-refractivity contribution in [2.45, 2.75) is 39.7 Å². The van der Waals surface area contributed by atoms with Crippen molar-refractivity contribution in [2.24, 2.45) is 0 Å². The van der Waals surface area contributed by atoms with Crippen molar-refractivity contribution in [3.63, 3.8) is 0 Å². The third-order valence-electron chi connectivity index (χ3n) is 4.17. The van der Waals surface area contributed by atoms with Crippen LogP contribution in [0.15, 0.2) is 32.9 Å². The molecule has 0 N–H and O–H groups in total. The Labute approximate surface area is 125 Å². The molecule has 2 aromatic rings. The second kappa shape index (κ2) is 5.90. The van der Waals surface area contributed by atoms with Crippen molar-refractivity contribution in [2.75, 3.05) is 13.1 Å². The lowest BCUT2D eigenvalue weighted by atomic mass is 10.0. The van der Waals surface area contributed by atoms with Gasteiger partial charge in [-0.2, -0.15) is 0 Å². The Balaban J connectivity index is 1.76. The van der Waals surface area contributed by atoms with Crippen LogP contribution in [-0.4, -0.2) is 23.1 Å². The van der Waals surface area contributed by atoms with Crippen LogP contribution in [-0.2, 0) is 0 Å². The molecule has 3 heterocycles. The molecule has 21 heavy (non-hydrogen) atoms. The molecule has 0 aliphatic carbocycles. The largest absolute Gasteiger partial charge is 0.465 e. The number of aryl methyl sites for hydroxylation is 2. The number of nitrogens with zero attached hydrogens (tertiary/aromatic N) is 2. The quantitative estimate of drug-likeness (QED) is 0.847. The Morgan fingerprint density at radius 2 is 2.33 bits per heavy atom. The minimum Gasteiger partial charge on any atom is -0.465 e. The van der Waals surface area contributed by atoms with Crippen molar-refractivity contribution >= 4 is 6.08 Å². The van der Waals surface area contributed by atoms with Gasteiger partial charge in [0, 0.05) is 18.2 Å². The number of rotatable bonds is 4. The summed E-state index contributed by atoms with van der Waals surface area (Å²) < 4.78 is 10.7. The number of hydrogen-bond acceptors (Lipinski definition) is 4. The molecule has 1 fully saturated rings. The van der Waals surface area contributed by atoms with Crippen LogP contribution < -0.4 is 0 Å². The zero-order valence-corrected chi connectivity index (χ0v) is 12.9. The second-order valence-corrected chi connectivity index (χ2v) is 5.87.